The van der Waals surface area contributed by atoms with Crippen molar-refractivity contribution in [2.75, 3.05) is 13.2 Å². The quantitative estimate of drug-likeness (QED) is 0.525. The van der Waals surface area contributed by atoms with E-state index in [0.29, 0.717) is 12.5 Å². The minimum absolute atomic E-state index is 0.381. The van der Waals surface area contributed by atoms with Crippen molar-refractivity contribution in [1.82, 2.24) is 0 Å². The number of aliphatic hydroxyl groups is 1. The van der Waals surface area contributed by atoms with Gasteiger partial charge in [0, 0.05) is 6.61 Å². The van der Waals surface area contributed by atoms with Crippen LogP contribution >= 0.6 is 0 Å². The van der Waals surface area contributed by atoms with Gasteiger partial charge in [-0.3, -0.25) is 0 Å². The topological polar surface area (TPSA) is 29.5 Å². The van der Waals surface area contributed by atoms with Crippen LogP contribution in [0.25, 0.3) is 0 Å². The summed E-state index contributed by atoms with van der Waals surface area (Å²) in [6.45, 7) is 5.19. The van der Waals surface area contributed by atoms with Gasteiger partial charge in [-0.1, -0.05) is 6.92 Å². The molecule has 1 heterocycles. The molecule has 0 amide bonds. The fourth-order valence-electron chi connectivity index (χ4n) is 0.992. The monoisotopic (exact) mass is 130 g/mol. The molecule has 2 nitrogen and oxygen atoms in total. The largest absolute Gasteiger partial charge is 0.387 e. The third-order valence-electron chi connectivity index (χ3n) is 2.15. The maximum Gasteiger partial charge on any atom is 0.0878 e. The summed E-state index contributed by atoms with van der Waals surface area (Å²) in [5.74, 6) is 0.381. The third kappa shape index (κ3) is 1.43. The van der Waals surface area contributed by atoms with E-state index in [-0.39, 0.29) is 0 Å². The van der Waals surface area contributed by atoms with Crippen LogP contribution < -0.4 is 0 Å². The molecule has 0 aliphatic carbocycles. The predicted molar refractivity (Wildman–Crippen MR) is 35.2 cm³/mol. The molecule has 9 heavy (non-hydrogen) atoms. The molecular formula is C7H14O2. The van der Waals surface area contributed by atoms with Crippen LogP contribution in [0.1, 0.15) is 20.3 Å². The van der Waals surface area contributed by atoms with Crippen molar-refractivity contribution in [2.45, 2.75) is 25.9 Å². The molecule has 1 rings (SSSR count). The second-order valence-corrected chi connectivity index (χ2v) is 3.10. The van der Waals surface area contributed by atoms with Crippen LogP contribution in [-0.2, 0) is 4.74 Å². The highest BCUT2D eigenvalue weighted by atomic mass is 16.5. The van der Waals surface area contributed by atoms with E-state index in [9.17, 15) is 5.11 Å². The van der Waals surface area contributed by atoms with E-state index in [1.165, 1.54) is 0 Å². The van der Waals surface area contributed by atoms with E-state index in [0.717, 1.165) is 13.0 Å². The SMILES string of the molecule is C[C@H]1CCOC[C@@]1(C)O. The van der Waals surface area contributed by atoms with Gasteiger partial charge in [-0.15, -0.1) is 0 Å². The Morgan fingerprint density at radius 3 is 2.67 bits per heavy atom. The third-order valence-corrected chi connectivity index (χ3v) is 2.15. The van der Waals surface area contributed by atoms with Gasteiger partial charge >= 0.3 is 0 Å². The second kappa shape index (κ2) is 2.27. The molecule has 0 saturated carbocycles. The van der Waals surface area contributed by atoms with Gasteiger partial charge < -0.3 is 9.84 Å². The lowest BCUT2D eigenvalue weighted by Gasteiger charge is -2.34. The van der Waals surface area contributed by atoms with E-state index >= 15 is 0 Å². The molecule has 0 aromatic rings. The highest BCUT2D eigenvalue weighted by Crippen LogP contribution is 2.24. The molecule has 0 unspecified atom stereocenters. The van der Waals surface area contributed by atoms with E-state index in [1.807, 2.05) is 6.92 Å². The molecule has 2 atom stereocenters. The number of hydrogen-bond donors (Lipinski definition) is 1. The summed E-state index contributed by atoms with van der Waals surface area (Å²) in [6, 6.07) is 0. The van der Waals surface area contributed by atoms with Crippen molar-refractivity contribution >= 4 is 0 Å². The summed E-state index contributed by atoms with van der Waals surface area (Å²) in [5.41, 5.74) is -0.585. The fraction of sp³-hybridized carbons (Fsp3) is 1.00. The van der Waals surface area contributed by atoms with Crippen molar-refractivity contribution in [3.8, 4) is 0 Å². The van der Waals surface area contributed by atoms with Crippen molar-refractivity contribution < 1.29 is 9.84 Å². The molecule has 1 saturated heterocycles. The summed E-state index contributed by atoms with van der Waals surface area (Å²) < 4.78 is 5.11. The van der Waals surface area contributed by atoms with E-state index < -0.39 is 5.60 Å². The Morgan fingerprint density at radius 2 is 2.33 bits per heavy atom. The van der Waals surface area contributed by atoms with Gasteiger partial charge in [0.05, 0.1) is 12.2 Å². The normalized spacial score (nSPS) is 45.0. The van der Waals surface area contributed by atoms with E-state index in [2.05, 4.69) is 6.92 Å². The highest BCUT2D eigenvalue weighted by Gasteiger charge is 2.31. The van der Waals surface area contributed by atoms with Crippen LogP contribution in [0.4, 0.5) is 0 Å². The Balaban J connectivity index is 2.49. The molecule has 54 valence electrons. The molecule has 1 aliphatic rings. The maximum absolute atomic E-state index is 9.52. The van der Waals surface area contributed by atoms with Gasteiger partial charge in [-0.25, -0.2) is 0 Å². The second-order valence-electron chi connectivity index (χ2n) is 3.10. The molecule has 0 aromatic heterocycles. The smallest absolute Gasteiger partial charge is 0.0878 e. The first-order valence-electron chi connectivity index (χ1n) is 3.43. The van der Waals surface area contributed by atoms with Crippen molar-refractivity contribution in [3.05, 3.63) is 0 Å². The van der Waals surface area contributed by atoms with E-state index in [1.54, 1.807) is 0 Å². The Hall–Kier alpha value is -0.0800. The number of rotatable bonds is 0. The molecule has 0 spiro atoms. The van der Waals surface area contributed by atoms with Crippen molar-refractivity contribution in [1.29, 1.82) is 0 Å². The minimum Gasteiger partial charge on any atom is -0.387 e. The first-order valence-corrected chi connectivity index (χ1v) is 3.43. The fourth-order valence-corrected chi connectivity index (χ4v) is 0.992. The van der Waals surface area contributed by atoms with Crippen LogP contribution in [0.3, 0.4) is 0 Å². The summed E-state index contributed by atoms with van der Waals surface area (Å²) in [6.07, 6.45) is 0.979. The van der Waals surface area contributed by atoms with Gasteiger partial charge in [0.15, 0.2) is 0 Å². The first-order chi connectivity index (χ1) is 4.13. The number of ether oxygens (including phenoxy) is 1. The number of hydrogen-bond acceptors (Lipinski definition) is 2. The summed E-state index contributed by atoms with van der Waals surface area (Å²) >= 11 is 0. The first kappa shape index (κ1) is 7.03. The standard InChI is InChI=1S/C7H14O2/c1-6-3-4-9-5-7(6,2)8/h6,8H,3-5H2,1-2H3/t6-,7+/m0/s1. The van der Waals surface area contributed by atoms with Gasteiger partial charge in [-0.05, 0) is 19.3 Å². The summed E-state index contributed by atoms with van der Waals surface area (Å²) in [4.78, 5) is 0. The van der Waals surface area contributed by atoms with Crippen LogP contribution in [0.15, 0.2) is 0 Å². The van der Waals surface area contributed by atoms with Gasteiger partial charge in [-0.2, -0.15) is 0 Å². The van der Waals surface area contributed by atoms with Crippen LogP contribution in [0, 0.1) is 5.92 Å². The Morgan fingerprint density at radius 1 is 1.67 bits per heavy atom. The van der Waals surface area contributed by atoms with Crippen LogP contribution in [0.5, 0.6) is 0 Å². The highest BCUT2D eigenvalue weighted by molar-refractivity contribution is 4.81. The molecule has 1 aliphatic heterocycles. The van der Waals surface area contributed by atoms with E-state index in [4.69, 9.17) is 4.74 Å². The van der Waals surface area contributed by atoms with Crippen LogP contribution in [-0.4, -0.2) is 23.9 Å². The Labute approximate surface area is 55.8 Å². The van der Waals surface area contributed by atoms with Gasteiger partial charge in [0.1, 0.15) is 0 Å². The average Bonchev–Trinajstić information content (AvgIpc) is 1.77. The Bertz CT molecular complexity index is 99.1. The predicted octanol–water partition coefficient (Wildman–Crippen LogP) is 0.794. The molecular weight excluding hydrogens is 116 g/mol. The van der Waals surface area contributed by atoms with Gasteiger partial charge in [0.2, 0.25) is 0 Å². The molecule has 0 bridgehead atoms. The Kier molecular flexibility index (Phi) is 1.78. The lowest BCUT2D eigenvalue weighted by Crippen LogP contribution is -2.42. The van der Waals surface area contributed by atoms with Crippen LogP contribution in [0.2, 0.25) is 0 Å². The summed E-state index contributed by atoms with van der Waals surface area (Å²) in [7, 11) is 0. The lowest BCUT2D eigenvalue weighted by molar-refractivity contribution is -0.108. The molecule has 2 heteroatoms. The molecule has 0 radical (unpaired) electrons. The van der Waals surface area contributed by atoms with Crippen molar-refractivity contribution in [2.24, 2.45) is 5.92 Å². The average molecular weight is 130 g/mol. The lowest BCUT2D eigenvalue weighted by atomic mass is 9.87. The zero-order chi connectivity index (χ0) is 6.91. The maximum atomic E-state index is 9.52. The zero-order valence-corrected chi connectivity index (χ0v) is 6.05. The summed E-state index contributed by atoms with van der Waals surface area (Å²) in [5, 5.41) is 9.52. The molecule has 0 aromatic carbocycles. The van der Waals surface area contributed by atoms with Crippen molar-refractivity contribution in [3.63, 3.8) is 0 Å². The van der Waals surface area contributed by atoms with Gasteiger partial charge in [0.25, 0.3) is 0 Å². The molecule has 1 N–H and O–H groups in total. The molecule has 1 fully saturated rings. The zero-order valence-electron chi connectivity index (χ0n) is 6.05. The minimum atomic E-state index is -0.585.